The number of anilines is 1. The van der Waals surface area contributed by atoms with Crippen molar-refractivity contribution in [3.63, 3.8) is 0 Å². The van der Waals surface area contributed by atoms with E-state index in [1.807, 2.05) is 5.32 Å². The van der Waals surface area contributed by atoms with Crippen molar-refractivity contribution >= 4 is 23.4 Å². The van der Waals surface area contributed by atoms with Gasteiger partial charge in [0, 0.05) is 17.8 Å². The molecule has 1 heterocycles. The Bertz CT molecular complexity index is 680. The summed E-state index contributed by atoms with van der Waals surface area (Å²) in [6.07, 6.45) is -3.77. The lowest BCUT2D eigenvalue weighted by atomic mass is 10.1. The zero-order chi connectivity index (χ0) is 18.1. The van der Waals surface area contributed by atoms with Crippen molar-refractivity contribution in [3.05, 3.63) is 34.4 Å². The summed E-state index contributed by atoms with van der Waals surface area (Å²) in [5.74, 6) is -10.5. The quantitative estimate of drug-likeness (QED) is 0.306. The Hall–Kier alpha value is -2.86. The van der Waals surface area contributed by atoms with E-state index in [4.69, 9.17) is 5.11 Å². The molecule has 0 saturated carbocycles. The number of cyclic esters (lactones) is 1. The Balaban J connectivity index is 2.13. The van der Waals surface area contributed by atoms with E-state index >= 15 is 0 Å². The zero-order valence-electron chi connectivity index (χ0n) is 11.6. The van der Waals surface area contributed by atoms with Gasteiger partial charge >= 0.3 is 23.8 Å². The fourth-order valence-corrected chi connectivity index (χ4v) is 1.87. The van der Waals surface area contributed by atoms with E-state index < -0.39 is 41.4 Å². The van der Waals surface area contributed by atoms with Gasteiger partial charge in [-0.05, 0) is 12.1 Å². The molecule has 2 rings (SSSR count). The van der Waals surface area contributed by atoms with Gasteiger partial charge in [-0.1, -0.05) is 0 Å². The van der Waals surface area contributed by atoms with E-state index in [9.17, 15) is 33.6 Å². The van der Waals surface area contributed by atoms with E-state index in [1.54, 1.807) is 0 Å². The molecule has 0 unspecified atom stereocenters. The number of aliphatic hydroxyl groups excluding tert-OH is 1. The molecule has 24 heavy (non-hydrogen) atoms. The summed E-state index contributed by atoms with van der Waals surface area (Å²) in [5, 5.41) is 31.1. The highest BCUT2D eigenvalue weighted by molar-refractivity contribution is 5.87. The van der Waals surface area contributed by atoms with E-state index in [-0.39, 0.29) is 11.4 Å². The molecule has 1 aliphatic heterocycles. The molecule has 0 aliphatic carbocycles. The molecule has 1 aromatic carbocycles. The average Bonchev–Trinajstić information content (AvgIpc) is 2.67. The predicted molar refractivity (Wildman–Crippen MR) is 70.1 cm³/mol. The number of hydrogen-bond acceptors (Lipinski definition) is 8. The fourth-order valence-electron chi connectivity index (χ4n) is 1.87. The monoisotopic (exact) mass is 348 g/mol. The van der Waals surface area contributed by atoms with Crippen LogP contribution in [0.15, 0.2) is 24.3 Å². The van der Waals surface area contributed by atoms with Crippen LogP contribution < -0.4 is 5.32 Å². The van der Waals surface area contributed by atoms with E-state index in [1.165, 1.54) is 0 Å². The van der Waals surface area contributed by atoms with Gasteiger partial charge in [0.2, 0.25) is 0 Å². The molecule has 1 saturated heterocycles. The second kappa shape index (κ2) is 5.98. The standard InChI is InChI=1S/C12H10F2N2O8/c13-11(14)9(18)23-8(5-17)12(11,20)24-10(19)15-6-1-3-7(4-2-6)16(21)22/h1-4,8,17,20H,5H2,(H,15,19)/t8-,12+/m1/s1. The van der Waals surface area contributed by atoms with Crippen molar-refractivity contribution in [1.82, 2.24) is 0 Å². The van der Waals surface area contributed by atoms with Gasteiger partial charge in [0.05, 0.1) is 11.5 Å². The van der Waals surface area contributed by atoms with Gasteiger partial charge in [0.15, 0.2) is 6.10 Å². The number of rotatable bonds is 4. The molecule has 2 atom stereocenters. The normalized spacial score (nSPS) is 25.0. The van der Waals surface area contributed by atoms with Crippen LogP contribution in [0.5, 0.6) is 0 Å². The number of halogens is 2. The molecule has 0 aromatic heterocycles. The molecule has 0 spiro atoms. The van der Waals surface area contributed by atoms with Gasteiger partial charge in [-0.3, -0.25) is 15.4 Å². The Kier molecular flexibility index (Phi) is 4.36. The van der Waals surface area contributed by atoms with Crippen molar-refractivity contribution in [2.75, 3.05) is 11.9 Å². The third-order valence-electron chi connectivity index (χ3n) is 3.13. The Morgan fingerprint density at radius 2 is 2.00 bits per heavy atom. The first kappa shape index (κ1) is 17.5. The van der Waals surface area contributed by atoms with Gasteiger partial charge in [-0.25, -0.2) is 9.59 Å². The summed E-state index contributed by atoms with van der Waals surface area (Å²) in [6.45, 7) is -1.22. The summed E-state index contributed by atoms with van der Waals surface area (Å²) in [7, 11) is 0. The van der Waals surface area contributed by atoms with Crippen LogP contribution in [0.3, 0.4) is 0 Å². The molecular weight excluding hydrogens is 338 g/mol. The maximum atomic E-state index is 13.6. The number of nitro benzene ring substituents is 1. The number of ether oxygens (including phenoxy) is 2. The number of carbonyl (C=O) groups is 2. The number of carbonyl (C=O) groups excluding carboxylic acids is 2. The molecule has 1 amide bonds. The average molecular weight is 348 g/mol. The van der Waals surface area contributed by atoms with Crippen LogP contribution in [0.25, 0.3) is 0 Å². The molecule has 1 fully saturated rings. The third kappa shape index (κ3) is 2.83. The van der Waals surface area contributed by atoms with Crippen LogP contribution in [-0.4, -0.2) is 51.6 Å². The smallest absolute Gasteiger partial charge is 0.414 e. The Labute approximate surface area is 131 Å². The molecule has 130 valence electrons. The van der Waals surface area contributed by atoms with Crippen LogP contribution >= 0.6 is 0 Å². The number of aliphatic hydroxyl groups is 2. The van der Waals surface area contributed by atoms with Gasteiger partial charge in [-0.15, -0.1) is 0 Å². The predicted octanol–water partition coefficient (Wildman–Crippen LogP) is 0.385. The largest absolute Gasteiger partial charge is 0.448 e. The minimum Gasteiger partial charge on any atom is -0.448 e. The van der Waals surface area contributed by atoms with E-state index in [0.29, 0.717) is 0 Å². The number of benzene rings is 1. The van der Waals surface area contributed by atoms with Crippen LogP contribution in [-0.2, 0) is 14.3 Å². The maximum absolute atomic E-state index is 13.6. The lowest BCUT2D eigenvalue weighted by Crippen LogP contribution is -2.57. The van der Waals surface area contributed by atoms with Crippen molar-refractivity contribution in [3.8, 4) is 0 Å². The number of nitrogens with one attached hydrogen (secondary N) is 1. The van der Waals surface area contributed by atoms with Crippen molar-refractivity contribution in [1.29, 1.82) is 0 Å². The van der Waals surface area contributed by atoms with Gasteiger partial charge < -0.3 is 19.7 Å². The lowest BCUT2D eigenvalue weighted by Gasteiger charge is -2.28. The number of alkyl halides is 2. The second-order valence-corrected chi connectivity index (χ2v) is 4.67. The number of esters is 1. The Morgan fingerprint density at radius 3 is 2.50 bits per heavy atom. The highest BCUT2D eigenvalue weighted by atomic mass is 19.3. The summed E-state index contributed by atoms with van der Waals surface area (Å²) in [6, 6.07) is 4.22. The topological polar surface area (TPSA) is 148 Å². The van der Waals surface area contributed by atoms with Crippen LogP contribution in [0.2, 0.25) is 0 Å². The summed E-state index contributed by atoms with van der Waals surface area (Å²) < 4.78 is 35.5. The van der Waals surface area contributed by atoms with Crippen LogP contribution in [0.4, 0.5) is 25.0 Å². The number of nitrogens with zero attached hydrogens (tertiary/aromatic N) is 1. The number of hydrogen-bond donors (Lipinski definition) is 3. The minimum atomic E-state index is -4.59. The van der Waals surface area contributed by atoms with Crippen LogP contribution in [0.1, 0.15) is 0 Å². The Morgan fingerprint density at radius 1 is 1.42 bits per heavy atom. The first-order chi connectivity index (χ1) is 11.1. The first-order valence-corrected chi connectivity index (χ1v) is 6.28. The van der Waals surface area contributed by atoms with E-state index in [2.05, 4.69) is 9.47 Å². The molecule has 10 nitrogen and oxygen atoms in total. The van der Waals surface area contributed by atoms with Crippen molar-refractivity contribution in [2.45, 2.75) is 17.8 Å². The first-order valence-electron chi connectivity index (χ1n) is 6.28. The highest BCUT2D eigenvalue weighted by Gasteiger charge is 2.74. The van der Waals surface area contributed by atoms with Gasteiger partial charge in [0.1, 0.15) is 0 Å². The molecule has 12 heteroatoms. The molecule has 0 bridgehead atoms. The summed E-state index contributed by atoms with van der Waals surface area (Å²) in [5.41, 5.74) is -0.350. The van der Waals surface area contributed by atoms with Crippen molar-refractivity contribution < 1.29 is 43.0 Å². The number of nitro groups is 1. The molecule has 0 radical (unpaired) electrons. The lowest BCUT2D eigenvalue weighted by molar-refractivity contribution is -0.384. The molecule has 3 N–H and O–H groups in total. The SMILES string of the molecule is O=C(Nc1ccc([N+](=O)[O-])cc1)O[C@@]1(O)[C@@H](CO)OC(=O)C1(F)F. The van der Waals surface area contributed by atoms with Crippen LogP contribution in [0, 0.1) is 10.1 Å². The molecule has 1 aliphatic rings. The highest BCUT2D eigenvalue weighted by Crippen LogP contribution is 2.41. The molecule has 1 aromatic rings. The van der Waals surface area contributed by atoms with Gasteiger partial charge in [-0.2, -0.15) is 8.78 Å². The third-order valence-corrected chi connectivity index (χ3v) is 3.13. The molecular formula is C12H10F2N2O8. The number of amides is 1. The zero-order valence-corrected chi connectivity index (χ0v) is 11.6. The fraction of sp³-hybridized carbons (Fsp3) is 0.333. The summed E-state index contributed by atoms with van der Waals surface area (Å²) >= 11 is 0. The van der Waals surface area contributed by atoms with Crippen molar-refractivity contribution in [2.24, 2.45) is 0 Å². The van der Waals surface area contributed by atoms with E-state index in [0.717, 1.165) is 24.3 Å². The number of non-ortho nitro benzene ring substituents is 1. The maximum Gasteiger partial charge on any atom is 0.414 e. The minimum absolute atomic E-state index is 0.0664. The summed E-state index contributed by atoms with van der Waals surface area (Å²) in [4.78, 5) is 32.4. The second-order valence-electron chi connectivity index (χ2n) is 4.67. The van der Waals surface area contributed by atoms with Gasteiger partial charge in [0.25, 0.3) is 5.69 Å².